The van der Waals surface area contributed by atoms with Gasteiger partial charge in [0, 0.05) is 10.9 Å². The monoisotopic (exact) mass is 328 g/mol. The Bertz CT molecular complexity index is 683. The lowest BCUT2D eigenvalue weighted by Crippen LogP contribution is -2.41. The highest BCUT2D eigenvalue weighted by Gasteiger charge is 2.23. The van der Waals surface area contributed by atoms with Gasteiger partial charge in [-0.2, -0.15) is 0 Å². The third-order valence-corrected chi connectivity index (χ3v) is 4.97. The van der Waals surface area contributed by atoms with E-state index in [1.165, 1.54) is 32.1 Å². The predicted molar refractivity (Wildman–Crippen MR) is 93.0 cm³/mol. The van der Waals surface area contributed by atoms with E-state index in [1.54, 1.807) is 6.07 Å². The molecule has 0 aliphatic heterocycles. The van der Waals surface area contributed by atoms with Crippen molar-refractivity contribution in [2.24, 2.45) is 5.92 Å². The number of fused-ring (bicyclic) bond motifs is 1. The molecular weight excluding hydrogens is 304 g/mol. The maximum absolute atomic E-state index is 12.4. The molecule has 0 radical (unpaired) electrons. The molecule has 0 spiro atoms. The van der Waals surface area contributed by atoms with E-state index in [9.17, 15) is 14.7 Å². The fourth-order valence-corrected chi connectivity index (χ4v) is 3.57. The number of para-hydroxylation sites is 1. The van der Waals surface area contributed by atoms with Crippen LogP contribution in [0.15, 0.2) is 30.3 Å². The second-order valence-electron chi connectivity index (χ2n) is 6.72. The van der Waals surface area contributed by atoms with Crippen molar-refractivity contribution in [3.63, 3.8) is 0 Å². The van der Waals surface area contributed by atoms with Gasteiger partial charge < -0.3 is 15.4 Å². The van der Waals surface area contributed by atoms with E-state index >= 15 is 0 Å². The molecule has 1 fully saturated rings. The highest BCUT2D eigenvalue weighted by atomic mass is 16.4. The predicted octanol–water partition coefficient (Wildman–Crippen LogP) is 3.71. The van der Waals surface area contributed by atoms with Gasteiger partial charge >= 0.3 is 5.97 Å². The molecule has 1 aliphatic carbocycles. The van der Waals surface area contributed by atoms with Crippen LogP contribution in [-0.2, 0) is 4.79 Å². The molecule has 128 valence electrons. The molecule has 0 saturated heterocycles. The van der Waals surface area contributed by atoms with E-state index in [4.69, 9.17) is 0 Å². The van der Waals surface area contributed by atoms with Crippen molar-refractivity contribution in [3.8, 4) is 0 Å². The summed E-state index contributed by atoms with van der Waals surface area (Å²) in [5, 5.41) is 13.0. The van der Waals surface area contributed by atoms with Crippen LogP contribution in [0.4, 0.5) is 0 Å². The van der Waals surface area contributed by atoms with Crippen LogP contribution in [0.3, 0.4) is 0 Å². The molecule has 1 aliphatic rings. The number of aromatic nitrogens is 1. The lowest BCUT2D eigenvalue weighted by atomic mass is 9.85. The molecule has 5 heteroatoms. The van der Waals surface area contributed by atoms with Crippen molar-refractivity contribution in [1.29, 1.82) is 0 Å². The number of aliphatic carboxylic acids is 1. The third-order valence-electron chi connectivity index (χ3n) is 4.97. The van der Waals surface area contributed by atoms with Gasteiger partial charge in [0.2, 0.25) is 0 Å². The van der Waals surface area contributed by atoms with Crippen LogP contribution in [0.25, 0.3) is 10.9 Å². The number of carboxylic acid groups (broad SMARTS) is 1. The Morgan fingerprint density at radius 1 is 1.21 bits per heavy atom. The molecule has 5 nitrogen and oxygen atoms in total. The molecule has 0 bridgehead atoms. The van der Waals surface area contributed by atoms with Crippen molar-refractivity contribution >= 4 is 22.8 Å². The summed E-state index contributed by atoms with van der Waals surface area (Å²) in [4.78, 5) is 26.9. The van der Waals surface area contributed by atoms with Gasteiger partial charge in [0.25, 0.3) is 5.91 Å². The maximum atomic E-state index is 12.4. The SMILES string of the molecule is O=C(N[C@@H](CCC1CCCCC1)C(=O)O)c1cc2ccccc2[nH]1. The standard InChI is InChI=1S/C19H24N2O3/c22-18(17-12-14-8-4-5-9-15(14)20-17)21-16(19(23)24)11-10-13-6-2-1-3-7-13/h4-5,8-9,12-13,16,20H,1-3,6-7,10-11H2,(H,21,22)(H,23,24)/t16-/m0/s1. The molecule has 24 heavy (non-hydrogen) atoms. The molecule has 3 rings (SSSR count). The first-order valence-corrected chi connectivity index (χ1v) is 8.75. The number of benzene rings is 1. The zero-order valence-corrected chi connectivity index (χ0v) is 13.8. The van der Waals surface area contributed by atoms with Crippen molar-refractivity contribution in [3.05, 3.63) is 36.0 Å². The van der Waals surface area contributed by atoms with Crippen LogP contribution in [-0.4, -0.2) is 28.0 Å². The molecule has 1 heterocycles. The number of carbonyl (C=O) groups excluding carboxylic acids is 1. The molecule has 1 atom stereocenters. The summed E-state index contributed by atoms with van der Waals surface area (Å²) in [6, 6.07) is 8.53. The lowest BCUT2D eigenvalue weighted by Gasteiger charge is -2.23. The van der Waals surface area contributed by atoms with Crippen LogP contribution >= 0.6 is 0 Å². The van der Waals surface area contributed by atoms with Gasteiger partial charge in [-0.15, -0.1) is 0 Å². The summed E-state index contributed by atoms with van der Waals surface area (Å²) in [5.74, 6) is -0.719. The van der Waals surface area contributed by atoms with Crippen LogP contribution in [0.5, 0.6) is 0 Å². The molecule has 0 unspecified atom stereocenters. The smallest absolute Gasteiger partial charge is 0.326 e. The quantitative estimate of drug-likeness (QED) is 0.756. The number of aromatic amines is 1. The largest absolute Gasteiger partial charge is 0.480 e. The summed E-state index contributed by atoms with van der Waals surface area (Å²) in [5.41, 5.74) is 1.27. The first kappa shape index (κ1) is 16.6. The molecular formula is C19H24N2O3. The Morgan fingerprint density at radius 2 is 1.96 bits per heavy atom. The highest BCUT2D eigenvalue weighted by molar-refractivity contribution is 5.99. The first-order valence-electron chi connectivity index (χ1n) is 8.75. The summed E-state index contributed by atoms with van der Waals surface area (Å²) in [6.45, 7) is 0. The van der Waals surface area contributed by atoms with Crippen LogP contribution in [0.1, 0.15) is 55.4 Å². The van der Waals surface area contributed by atoms with Crippen molar-refractivity contribution < 1.29 is 14.7 Å². The number of nitrogens with one attached hydrogen (secondary N) is 2. The molecule has 3 N–H and O–H groups in total. The van der Waals surface area contributed by atoms with Crippen LogP contribution in [0.2, 0.25) is 0 Å². The number of hydrogen-bond acceptors (Lipinski definition) is 2. The van der Waals surface area contributed by atoms with Crippen LogP contribution < -0.4 is 5.32 Å². The summed E-state index contributed by atoms with van der Waals surface area (Å²) in [7, 11) is 0. The number of carbonyl (C=O) groups is 2. The van der Waals surface area contributed by atoms with Crippen LogP contribution in [0, 0.1) is 5.92 Å². The van der Waals surface area contributed by atoms with Gasteiger partial charge in [-0.05, 0) is 30.9 Å². The van der Waals surface area contributed by atoms with E-state index in [-0.39, 0.29) is 5.91 Å². The highest BCUT2D eigenvalue weighted by Crippen LogP contribution is 2.27. The Morgan fingerprint density at radius 3 is 2.67 bits per heavy atom. The minimum atomic E-state index is -0.963. The van der Waals surface area contributed by atoms with Gasteiger partial charge in [0.1, 0.15) is 11.7 Å². The zero-order valence-electron chi connectivity index (χ0n) is 13.8. The van der Waals surface area contributed by atoms with Gasteiger partial charge in [-0.3, -0.25) is 4.79 Å². The summed E-state index contributed by atoms with van der Waals surface area (Å²) >= 11 is 0. The Hall–Kier alpha value is -2.30. The van der Waals surface area contributed by atoms with Gasteiger partial charge in [-0.25, -0.2) is 4.79 Å². The van der Waals surface area contributed by atoms with E-state index < -0.39 is 12.0 Å². The fourth-order valence-electron chi connectivity index (χ4n) is 3.57. The van der Waals surface area contributed by atoms with E-state index in [2.05, 4.69) is 10.3 Å². The maximum Gasteiger partial charge on any atom is 0.326 e. The summed E-state index contributed by atoms with van der Waals surface area (Å²) in [6.07, 6.45) is 7.49. The number of carboxylic acids is 1. The summed E-state index contributed by atoms with van der Waals surface area (Å²) < 4.78 is 0. The minimum absolute atomic E-state index is 0.359. The first-order chi connectivity index (χ1) is 11.6. The fraction of sp³-hybridized carbons (Fsp3) is 0.474. The van der Waals surface area contributed by atoms with Crippen molar-refractivity contribution in [1.82, 2.24) is 10.3 Å². The molecule has 1 aromatic carbocycles. The van der Waals surface area contributed by atoms with Gasteiger partial charge in [0.15, 0.2) is 0 Å². The second-order valence-corrected chi connectivity index (χ2v) is 6.72. The zero-order chi connectivity index (χ0) is 16.9. The Kier molecular flexibility index (Phi) is 5.18. The van der Waals surface area contributed by atoms with E-state index in [0.717, 1.165) is 17.3 Å². The van der Waals surface area contributed by atoms with Gasteiger partial charge in [-0.1, -0.05) is 50.3 Å². The van der Waals surface area contributed by atoms with Crippen molar-refractivity contribution in [2.75, 3.05) is 0 Å². The molecule has 1 saturated carbocycles. The average Bonchev–Trinajstić information content (AvgIpc) is 3.03. The Labute approximate surface area is 141 Å². The second kappa shape index (κ2) is 7.51. The van der Waals surface area contributed by atoms with E-state index in [0.29, 0.717) is 18.0 Å². The average molecular weight is 328 g/mol. The molecule has 1 aromatic heterocycles. The lowest BCUT2D eigenvalue weighted by molar-refractivity contribution is -0.139. The van der Waals surface area contributed by atoms with E-state index in [1.807, 2.05) is 24.3 Å². The van der Waals surface area contributed by atoms with Gasteiger partial charge in [0.05, 0.1) is 0 Å². The normalized spacial score (nSPS) is 16.8. The number of H-pyrrole nitrogens is 1. The topological polar surface area (TPSA) is 82.2 Å². The number of rotatable bonds is 6. The minimum Gasteiger partial charge on any atom is -0.480 e. The Balaban J connectivity index is 1.61. The van der Waals surface area contributed by atoms with Crippen molar-refractivity contribution in [2.45, 2.75) is 51.0 Å². The number of amides is 1. The molecule has 1 amide bonds. The number of hydrogen-bond donors (Lipinski definition) is 3. The third kappa shape index (κ3) is 3.96. The molecule has 2 aromatic rings.